The molecule has 0 spiro atoms. The Labute approximate surface area is 103 Å². The van der Waals surface area contributed by atoms with Gasteiger partial charge >= 0.3 is 7.82 Å². The van der Waals surface area contributed by atoms with E-state index in [0.717, 1.165) is 0 Å². The zero-order valence-corrected chi connectivity index (χ0v) is 9.04. The molecule has 3 N–H and O–H groups in total. The molecule has 1 radical (unpaired) electrons. The van der Waals surface area contributed by atoms with E-state index < -0.39 is 7.82 Å². The van der Waals surface area contributed by atoms with Gasteiger partial charge in [0.25, 0.3) is 0 Å². The maximum atomic E-state index is 8.88. The molecule has 0 bridgehead atoms. The van der Waals surface area contributed by atoms with E-state index in [1.165, 1.54) is 0 Å². The first-order valence-corrected chi connectivity index (χ1v) is 2.35. The Kier molecular flexibility index (Phi) is 16.0. The number of phosphoric acid groups is 1. The predicted octanol–water partition coefficient (Wildman–Crippen LogP) is -0.929. The van der Waals surface area contributed by atoms with E-state index in [2.05, 4.69) is 0 Å². The average molecular weight is 407 g/mol. The summed E-state index contributed by atoms with van der Waals surface area (Å²) >= 11 is 0. The number of hydrogen-bond acceptors (Lipinski definition) is 1. The summed E-state index contributed by atoms with van der Waals surface area (Å²) in [5.41, 5.74) is 0. The minimum absolute atomic E-state index is 0. The molecule has 0 heterocycles. The van der Waals surface area contributed by atoms with Crippen LogP contribution in [0.4, 0.5) is 0 Å². The maximum Gasteiger partial charge on any atom is 0.466 e. The molecule has 7 heteroatoms. The van der Waals surface area contributed by atoms with E-state index in [0.29, 0.717) is 0 Å². The Hall–Kier alpha value is 2.72. The summed E-state index contributed by atoms with van der Waals surface area (Å²) in [7, 11) is -4.64. The quantitative estimate of drug-likeness (QED) is 0.359. The average Bonchev–Trinajstić information content (AvgIpc) is 0.722. The molecule has 0 saturated heterocycles. The second kappa shape index (κ2) is 6.84. The van der Waals surface area contributed by atoms with Crippen LogP contribution in [-0.2, 0) is 4.57 Å². The van der Waals surface area contributed by atoms with Crippen molar-refractivity contribution >= 4 is 7.82 Å². The standard InChI is InChI=1S/Ho.Nd.H3O4P/c;;1-5(2,3)4/h;;(H3,1,2,3,4). The summed E-state index contributed by atoms with van der Waals surface area (Å²) in [6, 6.07) is 0. The van der Waals surface area contributed by atoms with Crippen LogP contribution in [0.1, 0.15) is 0 Å². The third-order valence-corrected chi connectivity index (χ3v) is 0. The largest absolute Gasteiger partial charge is 0.466 e. The Morgan fingerprint density at radius 2 is 1.14 bits per heavy atom. The summed E-state index contributed by atoms with van der Waals surface area (Å²) in [6.07, 6.45) is 0. The van der Waals surface area contributed by atoms with Crippen molar-refractivity contribution in [1.29, 1.82) is 0 Å². The van der Waals surface area contributed by atoms with E-state index >= 15 is 0 Å². The van der Waals surface area contributed by atoms with Gasteiger partial charge in [-0.1, -0.05) is 0 Å². The minimum atomic E-state index is -4.64. The Morgan fingerprint density at radius 1 is 1.14 bits per heavy atom. The first-order chi connectivity index (χ1) is 2.00. The van der Waals surface area contributed by atoms with Gasteiger partial charge < -0.3 is 14.7 Å². The first kappa shape index (κ1) is 16.4. The summed E-state index contributed by atoms with van der Waals surface area (Å²) in [4.78, 5) is 21.6. The molecule has 47 valence electrons. The summed E-state index contributed by atoms with van der Waals surface area (Å²) in [6.45, 7) is 0. The molecule has 0 aliphatic carbocycles. The normalized spacial score (nSPS) is 8.43. The van der Waals surface area contributed by atoms with Crippen LogP contribution in [0.2, 0.25) is 0 Å². The molecule has 0 aromatic rings. The van der Waals surface area contributed by atoms with Crippen molar-refractivity contribution in [2.24, 2.45) is 0 Å². The molecule has 0 aliphatic rings. The van der Waals surface area contributed by atoms with Crippen molar-refractivity contribution in [1.82, 2.24) is 0 Å². The van der Waals surface area contributed by atoms with Crippen LogP contribution in [0.5, 0.6) is 0 Å². The van der Waals surface area contributed by atoms with Gasteiger partial charge in [-0.2, -0.15) is 0 Å². The van der Waals surface area contributed by atoms with E-state index in [1.54, 1.807) is 0 Å². The van der Waals surface area contributed by atoms with Crippen molar-refractivity contribution in [3.05, 3.63) is 0 Å². The van der Waals surface area contributed by atoms with Crippen LogP contribution in [-0.4, -0.2) is 14.7 Å². The van der Waals surface area contributed by atoms with Crippen LogP contribution < -0.4 is 0 Å². The van der Waals surface area contributed by atoms with Gasteiger partial charge in [0.05, 0.1) is 0 Å². The fraction of sp³-hybridized carbons (Fsp3) is 0. The van der Waals surface area contributed by atoms with E-state index in [-0.39, 0.29) is 78.6 Å². The molecule has 0 aliphatic heterocycles. The van der Waals surface area contributed by atoms with Gasteiger partial charge in [-0.3, -0.25) is 0 Å². The third-order valence-electron chi connectivity index (χ3n) is 0. The maximum absolute atomic E-state index is 8.88. The molecule has 0 aromatic carbocycles. The van der Waals surface area contributed by atoms with Crippen LogP contribution >= 0.6 is 7.82 Å². The summed E-state index contributed by atoms with van der Waals surface area (Å²) in [5.74, 6) is 0. The zero-order chi connectivity index (χ0) is 4.50. The molecule has 0 saturated carbocycles. The SMILES string of the molecule is O=P(O)(O)O.[Ho].[Nd]. The van der Waals surface area contributed by atoms with Gasteiger partial charge in [0, 0.05) is 78.6 Å². The van der Waals surface area contributed by atoms with Crippen LogP contribution in [0.3, 0.4) is 0 Å². The fourth-order valence-corrected chi connectivity index (χ4v) is 0. The number of rotatable bonds is 0. The zero-order valence-electron chi connectivity index (χ0n) is 3.00. The van der Waals surface area contributed by atoms with E-state index in [4.69, 9.17) is 19.2 Å². The first-order valence-electron chi connectivity index (χ1n) is 0.783. The van der Waals surface area contributed by atoms with Crippen molar-refractivity contribution in [3.63, 3.8) is 0 Å². The molecule has 4 nitrogen and oxygen atoms in total. The second-order valence-corrected chi connectivity index (χ2v) is 1.54. The van der Waals surface area contributed by atoms with Crippen LogP contribution in [0, 0.1) is 78.6 Å². The minimum Gasteiger partial charge on any atom is -0.303 e. The van der Waals surface area contributed by atoms with E-state index in [1.807, 2.05) is 0 Å². The molecule has 0 atom stereocenters. The molecule has 0 rings (SSSR count). The predicted molar refractivity (Wildman–Crippen MR) is 14.3 cm³/mol. The van der Waals surface area contributed by atoms with Crippen LogP contribution in [0.25, 0.3) is 0 Å². The number of hydrogen-bond donors (Lipinski definition) is 3. The fourth-order valence-electron chi connectivity index (χ4n) is 0. The molecule has 0 fully saturated rings. The molecule has 0 unspecified atom stereocenters. The van der Waals surface area contributed by atoms with Gasteiger partial charge in [-0.25, -0.2) is 4.57 Å². The third kappa shape index (κ3) is 53.2. The Balaban J connectivity index is -0.0000000800. The van der Waals surface area contributed by atoms with Gasteiger partial charge in [0.2, 0.25) is 0 Å². The van der Waals surface area contributed by atoms with Crippen molar-refractivity contribution in [3.8, 4) is 0 Å². The monoisotopic (exact) mass is 405 g/mol. The van der Waals surface area contributed by atoms with Crippen molar-refractivity contribution < 1.29 is 97.8 Å². The Morgan fingerprint density at radius 3 is 1.14 bits per heavy atom. The van der Waals surface area contributed by atoms with Gasteiger partial charge in [-0.15, -0.1) is 0 Å². The van der Waals surface area contributed by atoms with Crippen molar-refractivity contribution in [2.45, 2.75) is 0 Å². The molecule has 7 heavy (non-hydrogen) atoms. The van der Waals surface area contributed by atoms with Crippen LogP contribution in [0.15, 0.2) is 0 Å². The van der Waals surface area contributed by atoms with E-state index in [9.17, 15) is 0 Å². The summed E-state index contributed by atoms with van der Waals surface area (Å²) in [5, 5.41) is 0. The summed E-state index contributed by atoms with van der Waals surface area (Å²) < 4.78 is 8.88. The van der Waals surface area contributed by atoms with Gasteiger partial charge in [-0.05, 0) is 0 Å². The second-order valence-electron chi connectivity index (χ2n) is 0.513. The molecule has 0 amide bonds. The molecular formula is H3HoNdO4P. The topological polar surface area (TPSA) is 77.8 Å². The van der Waals surface area contributed by atoms with Crippen molar-refractivity contribution in [2.75, 3.05) is 0 Å². The Bertz CT molecular complexity index is 57.8. The van der Waals surface area contributed by atoms with Gasteiger partial charge in [0.15, 0.2) is 0 Å². The smallest absolute Gasteiger partial charge is 0.303 e. The van der Waals surface area contributed by atoms with Gasteiger partial charge in [0.1, 0.15) is 0 Å². The molecule has 0 aromatic heterocycles. The molecular weight excluding hydrogens is 404 g/mol.